The van der Waals surface area contributed by atoms with Crippen LogP contribution in [0.2, 0.25) is 0 Å². The smallest absolute Gasteiger partial charge is 0.254 e. The van der Waals surface area contributed by atoms with Crippen molar-refractivity contribution < 1.29 is 9.59 Å². The van der Waals surface area contributed by atoms with Gasteiger partial charge in [-0.2, -0.15) is 0 Å². The van der Waals surface area contributed by atoms with Gasteiger partial charge in [0.25, 0.3) is 5.91 Å². The van der Waals surface area contributed by atoms with Crippen molar-refractivity contribution in [2.45, 2.75) is 25.3 Å². The first-order valence-electron chi connectivity index (χ1n) is 9.99. The van der Waals surface area contributed by atoms with E-state index in [4.69, 9.17) is 0 Å². The summed E-state index contributed by atoms with van der Waals surface area (Å²) in [5.41, 5.74) is 5.56. The number of fused-ring (bicyclic) bond motifs is 4. The van der Waals surface area contributed by atoms with Crippen LogP contribution in [0.3, 0.4) is 0 Å². The molecule has 5 rings (SSSR count). The van der Waals surface area contributed by atoms with Crippen molar-refractivity contribution in [2.75, 3.05) is 11.9 Å². The predicted octanol–water partition coefficient (Wildman–Crippen LogP) is 4.47. The van der Waals surface area contributed by atoms with Crippen molar-refractivity contribution >= 4 is 17.5 Å². The normalized spacial score (nSPS) is 19.8. The standard InChI is InChI=1S/C25H22N2O2/c1-16-8-2-7-13-21(16)26-24(28)22-19-11-5-6-12-20(19)25(29)27-15-14-17-9-3-4-10-18(17)23(22)27/h2-13,22-23H,14-15H2,1H3,(H,26,28)/t22-,23+/m0/s1. The molecule has 0 radical (unpaired) electrons. The summed E-state index contributed by atoms with van der Waals surface area (Å²) in [5, 5.41) is 3.12. The Balaban J connectivity index is 1.64. The number of carbonyl (C=O) groups excluding carboxylic acids is 2. The van der Waals surface area contributed by atoms with Gasteiger partial charge < -0.3 is 10.2 Å². The maximum atomic E-state index is 13.6. The molecule has 0 unspecified atom stereocenters. The van der Waals surface area contributed by atoms with Gasteiger partial charge in [0.15, 0.2) is 0 Å². The quantitative estimate of drug-likeness (QED) is 0.711. The fourth-order valence-corrected chi connectivity index (χ4v) is 4.68. The summed E-state index contributed by atoms with van der Waals surface area (Å²) >= 11 is 0. The first-order chi connectivity index (χ1) is 14.1. The predicted molar refractivity (Wildman–Crippen MR) is 113 cm³/mol. The van der Waals surface area contributed by atoms with Gasteiger partial charge in [0.1, 0.15) is 0 Å². The number of benzene rings is 3. The third-order valence-electron chi connectivity index (χ3n) is 6.12. The van der Waals surface area contributed by atoms with Crippen LogP contribution in [0.5, 0.6) is 0 Å². The van der Waals surface area contributed by atoms with E-state index in [-0.39, 0.29) is 17.9 Å². The van der Waals surface area contributed by atoms with Crippen LogP contribution in [-0.4, -0.2) is 23.3 Å². The molecule has 1 N–H and O–H groups in total. The van der Waals surface area contributed by atoms with Crippen LogP contribution < -0.4 is 5.32 Å². The molecule has 2 aliphatic rings. The molecule has 3 aromatic carbocycles. The molecule has 3 aromatic rings. The zero-order valence-corrected chi connectivity index (χ0v) is 16.3. The third-order valence-corrected chi connectivity index (χ3v) is 6.12. The highest BCUT2D eigenvalue weighted by atomic mass is 16.2. The maximum Gasteiger partial charge on any atom is 0.254 e. The van der Waals surface area contributed by atoms with Crippen molar-refractivity contribution in [1.29, 1.82) is 0 Å². The van der Waals surface area contributed by atoms with E-state index >= 15 is 0 Å². The number of aryl methyl sites for hydroxylation is 1. The number of carbonyl (C=O) groups is 2. The maximum absolute atomic E-state index is 13.6. The summed E-state index contributed by atoms with van der Waals surface area (Å²) in [6, 6.07) is 23.2. The van der Waals surface area contributed by atoms with Crippen LogP contribution in [0.15, 0.2) is 72.8 Å². The van der Waals surface area contributed by atoms with Crippen LogP contribution in [0, 0.1) is 6.92 Å². The highest BCUT2D eigenvalue weighted by molar-refractivity contribution is 6.04. The van der Waals surface area contributed by atoms with E-state index in [1.807, 2.05) is 72.5 Å². The molecule has 144 valence electrons. The van der Waals surface area contributed by atoms with Gasteiger partial charge in [0.2, 0.25) is 5.91 Å². The van der Waals surface area contributed by atoms with Gasteiger partial charge >= 0.3 is 0 Å². The molecule has 4 nitrogen and oxygen atoms in total. The lowest BCUT2D eigenvalue weighted by molar-refractivity contribution is -0.119. The molecule has 2 atom stereocenters. The van der Waals surface area contributed by atoms with Crippen molar-refractivity contribution in [3.63, 3.8) is 0 Å². The van der Waals surface area contributed by atoms with E-state index in [1.54, 1.807) is 0 Å². The van der Waals surface area contributed by atoms with Crippen LogP contribution in [0.25, 0.3) is 0 Å². The van der Waals surface area contributed by atoms with E-state index in [0.29, 0.717) is 12.1 Å². The summed E-state index contributed by atoms with van der Waals surface area (Å²) in [7, 11) is 0. The topological polar surface area (TPSA) is 49.4 Å². The van der Waals surface area contributed by atoms with Gasteiger partial charge in [-0.25, -0.2) is 0 Å². The van der Waals surface area contributed by atoms with Crippen LogP contribution in [0.1, 0.15) is 44.6 Å². The highest BCUT2D eigenvalue weighted by Crippen LogP contribution is 2.46. The molecule has 0 fully saturated rings. The van der Waals surface area contributed by atoms with E-state index < -0.39 is 5.92 Å². The molecule has 0 saturated heterocycles. The second kappa shape index (κ2) is 6.89. The SMILES string of the molecule is Cc1ccccc1NC(=O)[C@H]1c2ccccc2C(=O)N2CCc3ccccc3[C@H]12. The van der Waals surface area contributed by atoms with Crippen LogP contribution >= 0.6 is 0 Å². The average molecular weight is 382 g/mol. The summed E-state index contributed by atoms with van der Waals surface area (Å²) in [6.45, 7) is 2.61. The first kappa shape index (κ1) is 17.7. The molecule has 0 aromatic heterocycles. The first-order valence-corrected chi connectivity index (χ1v) is 9.99. The molecule has 0 spiro atoms. The lowest BCUT2D eigenvalue weighted by Gasteiger charge is -2.45. The lowest BCUT2D eigenvalue weighted by Crippen LogP contribution is -2.49. The van der Waals surface area contributed by atoms with Crippen molar-refractivity contribution in [3.8, 4) is 0 Å². The number of hydrogen-bond donors (Lipinski definition) is 1. The number of hydrogen-bond acceptors (Lipinski definition) is 2. The Bertz CT molecular complexity index is 1120. The van der Waals surface area contributed by atoms with Gasteiger partial charge in [-0.05, 0) is 47.7 Å². The summed E-state index contributed by atoms with van der Waals surface area (Å²) < 4.78 is 0. The molecule has 0 saturated carbocycles. The minimum atomic E-state index is -0.454. The van der Waals surface area contributed by atoms with E-state index in [1.165, 1.54) is 5.56 Å². The average Bonchev–Trinajstić information content (AvgIpc) is 2.75. The third kappa shape index (κ3) is 2.83. The van der Waals surface area contributed by atoms with E-state index in [2.05, 4.69) is 17.4 Å². The molecule has 2 aliphatic heterocycles. The Morgan fingerprint density at radius 2 is 1.62 bits per heavy atom. The van der Waals surface area contributed by atoms with E-state index in [0.717, 1.165) is 28.8 Å². The monoisotopic (exact) mass is 382 g/mol. The molecule has 29 heavy (non-hydrogen) atoms. The Morgan fingerprint density at radius 3 is 2.45 bits per heavy atom. The molecule has 0 bridgehead atoms. The van der Waals surface area contributed by atoms with Gasteiger partial charge in [-0.15, -0.1) is 0 Å². The van der Waals surface area contributed by atoms with Crippen LogP contribution in [-0.2, 0) is 11.2 Å². The highest BCUT2D eigenvalue weighted by Gasteiger charge is 2.46. The summed E-state index contributed by atoms with van der Waals surface area (Å²) in [6.07, 6.45) is 0.812. The molecular formula is C25H22N2O2. The second-order valence-corrected chi connectivity index (χ2v) is 7.76. The molecule has 2 amide bonds. The number of amides is 2. The molecule has 2 heterocycles. The number of anilines is 1. The fraction of sp³-hybridized carbons (Fsp3) is 0.200. The van der Waals surface area contributed by atoms with Crippen molar-refractivity contribution in [3.05, 3.63) is 101 Å². The minimum absolute atomic E-state index is 0.0139. The summed E-state index contributed by atoms with van der Waals surface area (Å²) in [4.78, 5) is 28.7. The minimum Gasteiger partial charge on any atom is -0.330 e. The van der Waals surface area contributed by atoms with Crippen LogP contribution in [0.4, 0.5) is 5.69 Å². The van der Waals surface area contributed by atoms with Crippen molar-refractivity contribution in [2.24, 2.45) is 0 Å². The molecular weight excluding hydrogens is 360 g/mol. The second-order valence-electron chi connectivity index (χ2n) is 7.76. The molecule has 0 aliphatic carbocycles. The van der Waals surface area contributed by atoms with Gasteiger partial charge in [-0.1, -0.05) is 60.7 Å². The number of nitrogens with one attached hydrogen (secondary N) is 1. The number of nitrogens with zero attached hydrogens (tertiary/aromatic N) is 1. The Hall–Kier alpha value is -3.40. The Morgan fingerprint density at radius 1 is 0.931 bits per heavy atom. The Kier molecular flexibility index (Phi) is 4.20. The van der Waals surface area contributed by atoms with Gasteiger partial charge in [0.05, 0.1) is 12.0 Å². The summed E-state index contributed by atoms with van der Waals surface area (Å²) in [5.74, 6) is -0.518. The number of rotatable bonds is 2. The van der Waals surface area contributed by atoms with Crippen molar-refractivity contribution in [1.82, 2.24) is 4.90 Å². The zero-order valence-electron chi connectivity index (χ0n) is 16.3. The fourth-order valence-electron chi connectivity index (χ4n) is 4.68. The largest absolute Gasteiger partial charge is 0.330 e. The van der Waals surface area contributed by atoms with Gasteiger partial charge in [-0.3, -0.25) is 9.59 Å². The number of para-hydroxylation sites is 1. The van der Waals surface area contributed by atoms with E-state index in [9.17, 15) is 9.59 Å². The Labute approximate surface area is 170 Å². The lowest BCUT2D eigenvalue weighted by atomic mass is 9.76. The zero-order chi connectivity index (χ0) is 20.0. The van der Waals surface area contributed by atoms with Gasteiger partial charge in [0, 0.05) is 17.8 Å². The molecule has 4 heteroatoms.